The molecule has 0 bridgehead atoms. The minimum atomic E-state index is -0.115. The van der Waals surface area contributed by atoms with E-state index in [0.717, 1.165) is 12.6 Å². The molecule has 2 N–H and O–H groups in total. The van der Waals surface area contributed by atoms with Crippen molar-refractivity contribution >= 4 is 11.7 Å². The number of rotatable bonds is 6. The molecule has 5 heteroatoms. The first-order valence-corrected chi connectivity index (χ1v) is 6.34. The number of carbonyl (C=O) groups is 1. The molecule has 1 aromatic rings. The molecule has 1 fully saturated rings. The van der Waals surface area contributed by atoms with Crippen LogP contribution in [0.15, 0.2) is 18.2 Å². The lowest BCUT2D eigenvalue weighted by molar-refractivity contribution is 0.0944. The topological polar surface area (TPSA) is 57.3 Å². The van der Waals surface area contributed by atoms with E-state index in [1.807, 2.05) is 12.1 Å². The fourth-order valence-electron chi connectivity index (χ4n) is 1.83. The van der Waals surface area contributed by atoms with Crippen LogP contribution < -0.4 is 10.6 Å². The Morgan fingerprint density at radius 1 is 1.50 bits per heavy atom. The molecule has 0 aliphatic heterocycles. The van der Waals surface area contributed by atoms with Crippen LogP contribution in [-0.4, -0.2) is 49.0 Å². The van der Waals surface area contributed by atoms with Crippen LogP contribution in [0.25, 0.3) is 0 Å². The van der Waals surface area contributed by atoms with Crippen LogP contribution in [0.3, 0.4) is 0 Å². The van der Waals surface area contributed by atoms with Crippen LogP contribution in [-0.2, 0) is 0 Å². The fraction of sp³-hybridized carbons (Fsp3) is 0.538. The summed E-state index contributed by atoms with van der Waals surface area (Å²) < 4.78 is 0. The fourth-order valence-corrected chi connectivity index (χ4v) is 1.83. The molecule has 0 spiro atoms. The number of hydrogen-bond acceptors (Lipinski definition) is 4. The molecule has 0 aromatic carbocycles. The highest BCUT2D eigenvalue weighted by Crippen LogP contribution is 2.24. The molecule has 1 amide bonds. The first-order valence-electron chi connectivity index (χ1n) is 6.34. The number of likely N-dealkylation sites (N-methyl/N-ethyl adjacent to an activating group) is 1. The highest BCUT2D eigenvalue weighted by Gasteiger charge is 2.25. The molecular weight excluding hydrogens is 228 g/mol. The number of pyridine rings is 1. The van der Waals surface area contributed by atoms with Crippen LogP contribution in [0.2, 0.25) is 0 Å². The zero-order valence-corrected chi connectivity index (χ0v) is 10.9. The standard InChI is InChI=1S/C13H20N4O/c1-14-12-5-3-4-11(16-12)13(18)15-8-9-17(2)10-6-7-10/h3-5,10H,6-9H2,1-2H3,(H,14,16)(H,15,18). The van der Waals surface area contributed by atoms with Crippen LogP contribution in [0.5, 0.6) is 0 Å². The summed E-state index contributed by atoms with van der Waals surface area (Å²) in [6.07, 6.45) is 2.58. The van der Waals surface area contributed by atoms with E-state index >= 15 is 0 Å². The third-order valence-corrected chi connectivity index (χ3v) is 3.16. The van der Waals surface area contributed by atoms with E-state index < -0.39 is 0 Å². The third-order valence-electron chi connectivity index (χ3n) is 3.16. The highest BCUT2D eigenvalue weighted by atomic mass is 16.1. The molecule has 1 aliphatic rings. The quantitative estimate of drug-likeness (QED) is 0.787. The molecule has 2 rings (SSSR count). The van der Waals surface area contributed by atoms with Crippen molar-refractivity contribution in [2.24, 2.45) is 0 Å². The second-order valence-electron chi connectivity index (χ2n) is 4.63. The molecule has 18 heavy (non-hydrogen) atoms. The van der Waals surface area contributed by atoms with E-state index in [1.54, 1.807) is 13.1 Å². The predicted octanol–water partition coefficient (Wildman–Crippen LogP) is 0.947. The van der Waals surface area contributed by atoms with Gasteiger partial charge in [0.05, 0.1) is 0 Å². The van der Waals surface area contributed by atoms with Crippen molar-refractivity contribution in [1.29, 1.82) is 0 Å². The molecule has 98 valence electrons. The lowest BCUT2D eigenvalue weighted by Gasteiger charge is -2.15. The lowest BCUT2D eigenvalue weighted by Crippen LogP contribution is -2.34. The average molecular weight is 248 g/mol. The van der Waals surface area contributed by atoms with Crippen molar-refractivity contribution < 1.29 is 4.79 Å². The van der Waals surface area contributed by atoms with Gasteiger partial charge in [0, 0.05) is 26.2 Å². The van der Waals surface area contributed by atoms with E-state index in [-0.39, 0.29) is 5.91 Å². The van der Waals surface area contributed by atoms with Gasteiger partial charge in [0.15, 0.2) is 0 Å². The molecule has 1 aromatic heterocycles. The number of hydrogen-bond donors (Lipinski definition) is 2. The van der Waals surface area contributed by atoms with Gasteiger partial charge in [0.25, 0.3) is 5.91 Å². The first kappa shape index (κ1) is 12.8. The van der Waals surface area contributed by atoms with Gasteiger partial charge in [-0.3, -0.25) is 4.79 Å². The summed E-state index contributed by atoms with van der Waals surface area (Å²) in [5.74, 6) is 0.592. The Kier molecular flexibility index (Phi) is 4.15. The van der Waals surface area contributed by atoms with Crippen molar-refractivity contribution in [2.75, 3.05) is 32.5 Å². The molecule has 1 saturated carbocycles. The zero-order valence-electron chi connectivity index (χ0n) is 10.9. The minimum Gasteiger partial charge on any atom is -0.373 e. The Hall–Kier alpha value is -1.62. The van der Waals surface area contributed by atoms with Crippen LogP contribution in [0.4, 0.5) is 5.82 Å². The second-order valence-corrected chi connectivity index (χ2v) is 4.63. The zero-order chi connectivity index (χ0) is 13.0. The Bertz CT molecular complexity index is 417. The number of anilines is 1. The SMILES string of the molecule is CNc1cccc(C(=O)NCCN(C)C2CC2)n1. The maximum Gasteiger partial charge on any atom is 0.270 e. The van der Waals surface area contributed by atoms with Gasteiger partial charge in [-0.15, -0.1) is 0 Å². The van der Waals surface area contributed by atoms with Gasteiger partial charge in [0.2, 0.25) is 0 Å². The Morgan fingerprint density at radius 2 is 2.28 bits per heavy atom. The summed E-state index contributed by atoms with van der Waals surface area (Å²) in [5, 5.41) is 5.81. The van der Waals surface area contributed by atoms with Gasteiger partial charge in [0.1, 0.15) is 11.5 Å². The van der Waals surface area contributed by atoms with Gasteiger partial charge < -0.3 is 15.5 Å². The largest absolute Gasteiger partial charge is 0.373 e. The van der Waals surface area contributed by atoms with Crippen molar-refractivity contribution in [3.8, 4) is 0 Å². The number of nitrogens with one attached hydrogen (secondary N) is 2. The molecule has 0 atom stereocenters. The van der Waals surface area contributed by atoms with E-state index in [0.29, 0.717) is 18.1 Å². The lowest BCUT2D eigenvalue weighted by atomic mass is 10.3. The van der Waals surface area contributed by atoms with Crippen molar-refractivity contribution in [3.05, 3.63) is 23.9 Å². The summed E-state index contributed by atoms with van der Waals surface area (Å²) in [6, 6.07) is 6.11. The van der Waals surface area contributed by atoms with Gasteiger partial charge >= 0.3 is 0 Å². The second kappa shape index (κ2) is 5.82. The van der Waals surface area contributed by atoms with Crippen molar-refractivity contribution in [2.45, 2.75) is 18.9 Å². The Balaban J connectivity index is 1.79. The van der Waals surface area contributed by atoms with Gasteiger partial charge in [-0.1, -0.05) is 6.07 Å². The molecule has 1 heterocycles. The van der Waals surface area contributed by atoms with Crippen LogP contribution in [0.1, 0.15) is 23.3 Å². The van der Waals surface area contributed by atoms with E-state index in [2.05, 4.69) is 27.6 Å². The maximum atomic E-state index is 11.9. The Morgan fingerprint density at radius 3 is 2.94 bits per heavy atom. The summed E-state index contributed by atoms with van der Waals surface area (Å²) in [4.78, 5) is 18.3. The number of aromatic nitrogens is 1. The van der Waals surface area contributed by atoms with Crippen LogP contribution in [0, 0.1) is 0 Å². The van der Waals surface area contributed by atoms with Gasteiger partial charge in [-0.25, -0.2) is 4.98 Å². The number of carbonyl (C=O) groups excluding carboxylic acids is 1. The maximum absolute atomic E-state index is 11.9. The average Bonchev–Trinajstić information content (AvgIpc) is 3.23. The Labute approximate surface area is 108 Å². The van der Waals surface area contributed by atoms with Gasteiger partial charge in [-0.05, 0) is 32.0 Å². The van der Waals surface area contributed by atoms with Crippen molar-refractivity contribution in [3.63, 3.8) is 0 Å². The van der Waals surface area contributed by atoms with Crippen molar-refractivity contribution in [1.82, 2.24) is 15.2 Å². The molecule has 0 unspecified atom stereocenters. The molecule has 0 radical (unpaired) electrons. The number of amides is 1. The van der Waals surface area contributed by atoms with E-state index in [9.17, 15) is 4.79 Å². The summed E-state index contributed by atoms with van der Waals surface area (Å²) in [5.41, 5.74) is 0.455. The molecular formula is C13H20N4O. The normalized spacial score (nSPS) is 14.6. The third kappa shape index (κ3) is 3.43. The smallest absolute Gasteiger partial charge is 0.270 e. The summed E-state index contributed by atoms with van der Waals surface area (Å²) in [6.45, 7) is 1.55. The van der Waals surface area contributed by atoms with E-state index in [4.69, 9.17) is 0 Å². The highest BCUT2D eigenvalue weighted by molar-refractivity contribution is 5.92. The summed E-state index contributed by atoms with van der Waals surface area (Å²) in [7, 11) is 3.89. The first-order chi connectivity index (χ1) is 8.70. The van der Waals surface area contributed by atoms with Crippen LogP contribution >= 0.6 is 0 Å². The molecule has 0 saturated heterocycles. The minimum absolute atomic E-state index is 0.115. The molecule has 5 nitrogen and oxygen atoms in total. The predicted molar refractivity (Wildman–Crippen MR) is 71.8 cm³/mol. The summed E-state index contributed by atoms with van der Waals surface area (Å²) >= 11 is 0. The molecule has 1 aliphatic carbocycles. The van der Waals surface area contributed by atoms with Gasteiger partial charge in [-0.2, -0.15) is 0 Å². The monoisotopic (exact) mass is 248 g/mol. The van der Waals surface area contributed by atoms with E-state index in [1.165, 1.54) is 12.8 Å². The number of nitrogens with zero attached hydrogens (tertiary/aromatic N) is 2.